The molecule has 0 bridgehead atoms. The molecule has 0 saturated carbocycles. The number of hydrogen-bond donors (Lipinski definition) is 0. The Hall–Kier alpha value is 0.717. The van der Waals surface area contributed by atoms with Crippen LogP contribution in [0.4, 0.5) is 0 Å². The van der Waals surface area contributed by atoms with Gasteiger partial charge in [0.1, 0.15) is 0 Å². The van der Waals surface area contributed by atoms with Gasteiger partial charge in [-0.1, -0.05) is 19.8 Å². The predicted molar refractivity (Wildman–Crippen MR) is 40.8 cm³/mol. The minimum Gasteiger partial charge on any atom is -0.466 e. The van der Waals surface area contributed by atoms with E-state index < -0.39 is 0 Å². The van der Waals surface area contributed by atoms with Gasteiger partial charge in [0, 0.05) is 45.4 Å². The molecular weight excluding hydrogens is 259 g/mol. The average molecular weight is 275 g/mol. The summed E-state index contributed by atoms with van der Waals surface area (Å²) in [6.45, 7) is 4.45. The molecule has 0 rings (SSSR count). The van der Waals surface area contributed by atoms with Crippen LogP contribution in [0, 0.1) is 0 Å². The fraction of sp³-hybridized carbons (Fsp3) is 0.875. The number of hydrogen-bond acceptors (Lipinski definition) is 2. The van der Waals surface area contributed by atoms with Crippen LogP contribution in [0.25, 0.3) is 0 Å². The van der Waals surface area contributed by atoms with Crippen molar-refractivity contribution < 1.29 is 48.5 Å². The second kappa shape index (κ2) is 14.3. The number of carbonyl (C=O) groups is 1. The molecule has 0 saturated heterocycles. The molecule has 0 spiro atoms. The summed E-state index contributed by atoms with van der Waals surface area (Å²) in [5, 5.41) is 0. The largest absolute Gasteiger partial charge is 0.466 e. The zero-order valence-electron chi connectivity index (χ0n) is 8.27. The Morgan fingerprint density at radius 3 is 2.17 bits per heavy atom. The van der Waals surface area contributed by atoms with Crippen molar-refractivity contribution >= 4 is 5.97 Å². The topological polar surface area (TPSA) is 26.3 Å². The molecule has 0 amide bonds. The number of esters is 1. The van der Waals surface area contributed by atoms with Crippen LogP contribution in [0.3, 0.4) is 0 Å². The van der Waals surface area contributed by atoms with Gasteiger partial charge >= 0.3 is 5.97 Å². The molecule has 0 radical (unpaired) electrons. The van der Waals surface area contributed by atoms with Crippen LogP contribution in [0.1, 0.15) is 39.5 Å². The molecule has 0 aromatic carbocycles. The van der Waals surface area contributed by atoms with Gasteiger partial charge in [0.25, 0.3) is 0 Å². The molecule has 0 aliphatic heterocycles. The Kier molecular flexibility index (Phi) is 22.0. The summed E-state index contributed by atoms with van der Waals surface area (Å²) in [5.41, 5.74) is 0. The number of rotatable bonds is 5. The Morgan fingerprint density at radius 2 is 1.75 bits per heavy atom. The molecule has 64 valence electrons. The molecule has 0 N–H and O–H groups in total. The van der Waals surface area contributed by atoms with Crippen molar-refractivity contribution in [1.29, 1.82) is 0 Å². The molecule has 0 aliphatic carbocycles. The number of ether oxygens (including phenoxy) is 1. The fourth-order valence-electron chi connectivity index (χ4n) is 0.752. The van der Waals surface area contributed by atoms with Crippen LogP contribution in [-0.4, -0.2) is 12.6 Å². The standard InChI is InChI=1S/C8H16O2.2Zn/c1-3-5-6-7-8(9)10-4-2;;/h3-7H2,1-2H3;;. The van der Waals surface area contributed by atoms with E-state index in [0.717, 1.165) is 19.3 Å². The van der Waals surface area contributed by atoms with Crippen molar-refractivity contribution in [2.24, 2.45) is 0 Å². The van der Waals surface area contributed by atoms with E-state index in [-0.39, 0.29) is 44.9 Å². The van der Waals surface area contributed by atoms with Gasteiger partial charge in [-0.3, -0.25) is 4.79 Å². The maximum atomic E-state index is 10.7. The Balaban J connectivity index is -0.000000405. The van der Waals surface area contributed by atoms with Crippen LogP contribution in [-0.2, 0) is 48.5 Å². The molecule has 0 unspecified atom stereocenters. The Morgan fingerprint density at radius 1 is 1.17 bits per heavy atom. The maximum absolute atomic E-state index is 10.7. The van der Waals surface area contributed by atoms with E-state index in [1.165, 1.54) is 0 Å². The summed E-state index contributed by atoms with van der Waals surface area (Å²) < 4.78 is 4.75. The first-order chi connectivity index (χ1) is 4.81. The van der Waals surface area contributed by atoms with Crippen molar-refractivity contribution in [3.63, 3.8) is 0 Å². The second-order valence-corrected chi connectivity index (χ2v) is 2.26. The third kappa shape index (κ3) is 13.3. The van der Waals surface area contributed by atoms with Crippen LogP contribution >= 0.6 is 0 Å². The van der Waals surface area contributed by atoms with Gasteiger partial charge in [-0.05, 0) is 13.3 Å². The second-order valence-electron chi connectivity index (χ2n) is 2.26. The molecule has 0 aliphatic rings. The quantitative estimate of drug-likeness (QED) is 0.436. The van der Waals surface area contributed by atoms with Gasteiger partial charge in [0.2, 0.25) is 0 Å². The molecule has 0 aromatic rings. The van der Waals surface area contributed by atoms with E-state index in [0.29, 0.717) is 13.0 Å². The molecule has 4 heteroatoms. The summed E-state index contributed by atoms with van der Waals surface area (Å²) >= 11 is 0. The van der Waals surface area contributed by atoms with Crippen LogP contribution in [0.15, 0.2) is 0 Å². The smallest absolute Gasteiger partial charge is 0.305 e. The van der Waals surface area contributed by atoms with Crippen molar-refractivity contribution in [2.75, 3.05) is 6.61 Å². The van der Waals surface area contributed by atoms with E-state index in [1.54, 1.807) is 0 Å². The fourth-order valence-corrected chi connectivity index (χ4v) is 0.752. The molecule has 2 nitrogen and oxygen atoms in total. The van der Waals surface area contributed by atoms with Crippen LogP contribution in [0.5, 0.6) is 0 Å². The summed E-state index contributed by atoms with van der Waals surface area (Å²) in [4.78, 5) is 10.7. The van der Waals surface area contributed by atoms with Crippen molar-refractivity contribution in [1.82, 2.24) is 0 Å². The van der Waals surface area contributed by atoms with E-state index in [1.807, 2.05) is 6.92 Å². The van der Waals surface area contributed by atoms with Gasteiger partial charge in [-0.15, -0.1) is 0 Å². The molecule has 0 atom stereocenters. The van der Waals surface area contributed by atoms with Gasteiger partial charge in [-0.25, -0.2) is 0 Å². The first-order valence-corrected chi connectivity index (χ1v) is 3.96. The summed E-state index contributed by atoms with van der Waals surface area (Å²) in [6.07, 6.45) is 3.83. The summed E-state index contributed by atoms with van der Waals surface area (Å²) in [6, 6.07) is 0. The van der Waals surface area contributed by atoms with Crippen molar-refractivity contribution in [2.45, 2.75) is 39.5 Å². The molecule has 0 heterocycles. The predicted octanol–water partition coefficient (Wildman–Crippen LogP) is 2.12. The Labute approximate surface area is 100 Å². The van der Waals surface area contributed by atoms with Gasteiger partial charge in [0.15, 0.2) is 0 Å². The maximum Gasteiger partial charge on any atom is 0.305 e. The van der Waals surface area contributed by atoms with Gasteiger partial charge in [0.05, 0.1) is 6.61 Å². The first kappa shape index (κ1) is 18.5. The molecule has 12 heavy (non-hydrogen) atoms. The SMILES string of the molecule is CCCCCC(=O)OCC.[Zn].[Zn]. The van der Waals surface area contributed by atoms with E-state index >= 15 is 0 Å². The van der Waals surface area contributed by atoms with E-state index in [9.17, 15) is 4.79 Å². The zero-order chi connectivity index (χ0) is 7.82. The monoisotopic (exact) mass is 272 g/mol. The van der Waals surface area contributed by atoms with Gasteiger partial charge in [-0.2, -0.15) is 0 Å². The number of unbranched alkanes of at least 4 members (excludes halogenated alkanes) is 2. The summed E-state index contributed by atoms with van der Waals surface area (Å²) in [7, 11) is 0. The molecular formula is C8H16O2Zn2. The minimum absolute atomic E-state index is 0. The van der Waals surface area contributed by atoms with Crippen LogP contribution < -0.4 is 0 Å². The molecule has 0 aromatic heterocycles. The normalized spacial score (nSPS) is 7.83. The van der Waals surface area contributed by atoms with Crippen molar-refractivity contribution in [3.05, 3.63) is 0 Å². The first-order valence-electron chi connectivity index (χ1n) is 3.96. The third-order valence-electron chi connectivity index (χ3n) is 1.29. The summed E-state index contributed by atoms with van der Waals surface area (Å²) in [5.74, 6) is -0.0593. The van der Waals surface area contributed by atoms with E-state index in [2.05, 4.69) is 6.92 Å². The van der Waals surface area contributed by atoms with E-state index in [4.69, 9.17) is 4.74 Å². The van der Waals surface area contributed by atoms with Crippen molar-refractivity contribution in [3.8, 4) is 0 Å². The van der Waals surface area contributed by atoms with Gasteiger partial charge < -0.3 is 4.74 Å². The number of carbonyl (C=O) groups excluding carboxylic acids is 1. The third-order valence-corrected chi connectivity index (χ3v) is 1.29. The molecule has 0 fully saturated rings. The minimum atomic E-state index is -0.0593. The van der Waals surface area contributed by atoms with Crippen LogP contribution in [0.2, 0.25) is 0 Å². The Bertz CT molecular complexity index is 97.1. The zero-order valence-corrected chi connectivity index (χ0v) is 14.2. The average Bonchev–Trinajstić information content (AvgIpc) is 1.89.